The average Bonchev–Trinajstić information content (AvgIpc) is 2.45. The van der Waals surface area contributed by atoms with E-state index in [2.05, 4.69) is 34.6 Å². The highest BCUT2D eigenvalue weighted by Gasteiger charge is 2.07. The van der Waals surface area contributed by atoms with E-state index in [1.54, 1.807) is 0 Å². The van der Waals surface area contributed by atoms with Crippen LogP contribution in [0.5, 0.6) is 0 Å². The zero-order valence-corrected chi connectivity index (χ0v) is 11.8. The van der Waals surface area contributed by atoms with Crippen molar-refractivity contribution in [2.24, 2.45) is 0 Å². The van der Waals surface area contributed by atoms with Crippen LogP contribution in [0.1, 0.15) is 37.1 Å². The van der Waals surface area contributed by atoms with Gasteiger partial charge in [-0.05, 0) is 49.3 Å². The molecule has 0 bridgehead atoms. The van der Waals surface area contributed by atoms with E-state index in [1.807, 2.05) is 11.6 Å². The lowest BCUT2D eigenvalue weighted by Gasteiger charge is -2.03. The summed E-state index contributed by atoms with van der Waals surface area (Å²) >= 11 is 2.31. The van der Waals surface area contributed by atoms with Gasteiger partial charge in [0, 0.05) is 18.7 Å². The molecule has 5 heteroatoms. The summed E-state index contributed by atoms with van der Waals surface area (Å²) in [5.74, 6) is -0.708. The second kappa shape index (κ2) is 6.22. The number of aryl methyl sites for hydroxylation is 2. The third-order valence-corrected chi connectivity index (χ3v) is 4.11. The Balaban J connectivity index is 2.32. The number of rotatable bonds is 6. The van der Waals surface area contributed by atoms with E-state index in [4.69, 9.17) is 5.11 Å². The minimum Gasteiger partial charge on any atom is -0.481 e. The Morgan fingerprint density at radius 2 is 2.06 bits per heavy atom. The van der Waals surface area contributed by atoms with Crippen LogP contribution in [0.15, 0.2) is 0 Å². The van der Waals surface area contributed by atoms with Gasteiger partial charge in [0.05, 0.1) is 9.26 Å². The second-order valence-corrected chi connectivity index (χ2v) is 4.99. The lowest BCUT2D eigenvalue weighted by molar-refractivity contribution is -0.137. The minimum absolute atomic E-state index is 0.272. The van der Waals surface area contributed by atoms with Crippen LogP contribution in [0.2, 0.25) is 0 Å². The Labute approximate surface area is 109 Å². The van der Waals surface area contributed by atoms with E-state index in [1.165, 1.54) is 9.26 Å². The summed E-state index contributed by atoms with van der Waals surface area (Å²) in [5, 5.41) is 12.9. The number of aromatic nitrogens is 2. The van der Waals surface area contributed by atoms with E-state index in [0.717, 1.165) is 31.5 Å². The van der Waals surface area contributed by atoms with Crippen molar-refractivity contribution < 1.29 is 9.90 Å². The highest BCUT2D eigenvalue weighted by atomic mass is 127. The highest BCUT2D eigenvalue weighted by Crippen LogP contribution is 2.15. The molecule has 0 radical (unpaired) electrons. The van der Waals surface area contributed by atoms with Crippen LogP contribution in [-0.2, 0) is 11.3 Å². The zero-order valence-electron chi connectivity index (χ0n) is 9.66. The van der Waals surface area contributed by atoms with Crippen LogP contribution in [-0.4, -0.2) is 20.9 Å². The fourth-order valence-electron chi connectivity index (χ4n) is 1.61. The van der Waals surface area contributed by atoms with Crippen molar-refractivity contribution >= 4 is 28.6 Å². The second-order valence-electron chi connectivity index (χ2n) is 3.91. The summed E-state index contributed by atoms with van der Waals surface area (Å²) in [5.41, 5.74) is 2.28. The number of nitrogens with zero attached hydrogens (tertiary/aromatic N) is 2. The maximum atomic E-state index is 10.3. The molecule has 0 unspecified atom stereocenters. The van der Waals surface area contributed by atoms with Gasteiger partial charge in [-0.15, -0.1) is 0 Å². The first-order chi connectivity index (χ1) is 7.52. The van der Waals surface area contributed by atoms with Gasteiger partial charge in [-0.1, -0.05) is 6.42 Å². The van der Waals surface area contributed by atoms with Crippen molar-refractivity contribution in [3.05, 3.63) is 15.0 Å². The van der Waals surface area contributed by atoms with Crippen molar-refractivity contribution in [1.82, 2.24) is 9.78 Å². The van der Waals surface area contributed by atoms with E-state index >= 15 is 0 Å². The molecule has 1 heterocycles. The predicted octanol–water partition coefficient (Wildman–Crippen LogP) is 2.75. The zero-order chi connectivity index (χ0) is 12.1. The van der Waals surface area contributed by atoms with Crippen molar-refractivity contribution in [1.29, 1.82) is 0 Å². The molecule has 1 rings (SSSR count). The van der Waals surface area contributed by atoms with Gasteiger partial charge in [-0.3, -0.25) is 9.48 Å². The molecular weight excluding hydrogens is 319 g/mol. The molecule has 4 nitrogen and oxygen atoms in total. The van der Waals surface area contributed by atoms with Crippen molar-refractivity contribution in [2.75, 3.05) is 0 Å². The number of hydrogen-bond acceptors (Lipinski definition) is 2. The molecule has 0 spiro atoms. The Hall–Kier alpha value is -0.590. The Morgan fingerprint density at radius 1 is 1.38 bits per heavy atom. The maximum absolute atomic E-state index is 10.3. The van der Waals surface area contributed by atoms with Crippen LogP contribution in [0.3, 0.4) is 0 Å². The number of aliphatic carboxylic acids is 1. The fourth-order valence-corrected chi connectivity index (χ4v) is 1.99. The van der Waals surface area contributed by atoms with Gasteiger partial charge in [-0.2, -0.15) is 5.10 Å². The summed E-state index contributed by atoms with van der Waals surface area (Å²) in [6.07, 6.45) is 2.97. The molecule has 0 fully saturated rings. The molecule has 0 aliphatic rings. The summed E-state index contributed by atoms with van der Waals surface area (Å²) in [6, 6.07) is 0. The molecule has 0 atom stereocenters. The Bertz CT molecular complexity index is 374. The maximum Gasteiger partial charge on any atom is 0.303 e. The van der Waals surface area contributed by atoms with Gasteiger partial charge in [0.15, 0.2) is 0 Å². The highest BCUT2D eigenvalue weighted by molar-refractivity contribution is 14.1. The molecule has 16 heavy (non-hydrogen) atoms. The molecular formula is C11H17IN2O2. The first-order valence-corrected chi connectivity index (χ1v) is 6.51. The Morgan fingerprint density at radius 3 is 2.56 bits per heavy atom. The smallest absolute Gasteiger partial charge is 0.303 e. The molecule has 0 saturated carbocycles. The molecule has 0 amide bonds. The van der Waals surface area contributed by atoms with E-state index in [9.17, 15) is 4.79 Å². The summed E-state index contributed by atoms with van der Waals surface area (Å²) in [4.78, 5) is 10.3. The average molecular weight is 336 g/mol. The normalized spacial score (nSPS) is 10.7. The van der Waals surface area contributed by atoms with Gasteiger partial charge >= 0.3 is 5.97 Å². The number of hydrogen-bond donors (Lipinski definition) is 1. The summed E-state index contributed by atoms with van der Waals surface area (Å²) < 4.78 is 3.24. The lowest BCUT2D eigenvalue weighted by atomic mass is 10.2. The molecule has 0 aliphatic heterocycles. The molecule has 90 valence electrons. The largest absolute Gasteiger partial charge is 0.481 e. The number of halogens is 1. The first kappa shape index (κ1) is 13.5. The van der Waals surface area contributed by atoms with Crippen LogP contribution in [0.4, 0.5) is 0 Å². The first-order valence-electron chi connectivity index (χ1n) is 5.43. The number of carbonyl (C=O) groups is 1. The van der Waals surface area contributed by atoms with Crippen LogP contribution in [0, 0.1) is 17.4 Å². The third-order valence-electron chi connectivity index (χ3n) is 2.55. The molecule has 0 aromatic carbocycles. The lowest BCUT2D eigenvalue weighted by Crippen LogP contribution is -2.03. The molecule has 1 N–H and O–H groups in total. The number of carboxylic acid groups (broad SMARTS) is 1. The SMILES string of the molecule is Cc1nn(CCCCCC(=O)O)c(C)c1I. The van der Waals surface area contributed by atoms with Crippen molar-refractivity contribution in [3.8, 4) is 0 Å². The molecule has 1 aromatic heterocycles. The van der Waals surface area contributed by atoms with Crippen molar-refractivity contribution in [3.63, 3.8) is 0 Å². The van der Waals surface area contributed by atoms with E-state index in [-0.39, 0.29) is 6.42 Å². The van der Waals surface area contributed by atoms with E-state index < -0.39 is 5.97 Å². The predicted molar refractivity (Wildman–Crippen MR) is 70.5 cm³/mol. The standard InChI is InChI=1S/C11H17IN2O2/c1-8-11(12)9(2)14(13-8)7-5-3-4-6-10(15)16/h3-7H2,1-2H3,(H,15,16). The van der Waals surface area contributed by atoms with Crippen LogP contribution in [0.25, 0.3) is 0 Å². The van der Waals surface area contributed by atoms with Gasteiger partial charge in [0.2, 0.25) is 0 Å². The van der Waals surface area contributed by atoms with Crippen LogP contribution < -0.4 is 0 Å². The van der Waals surface area contributed by atoms with Gasteiger partial charge in [0.1, 0.15) is 0 Å². The Kier molecular flexibility index (Phi) is 5.24. The monoisotopic (exact) mass is 336 g/mol. The third kappa shape index (κ3) is 3.77. The van der Waals surface area contributed by atoms with Gasteiger partial charge in [0.25, 0.3) is 0 Å². The number of unbranched alkanes of at least 4 members (excludes halogenated alkanes) is 2. The molecule has 0 saturated heterocycles. The van der Waals surface area contributed by atoms with Crippen LogP contribution >= 0.6 is 22.6 Å². The summed E-state index contributed by atoms with van der Waals surface area (Å²) in [7, 11) is 0. The van der Waals surface area contributed by atoms with Gasteiger partial charge in [-0.25, -0.2) is 0 Å². The number of carboxylic acids is 1. The topological polar surface area (TPSA) is 55.1 Å². The van der Waals surface area contributed by atoms with Gasteiger partial charge < -0.3 is 5.11 Å². The quantitative estimate of drug-likeness (QED) is 0.642. The molecule has 0 aliphatic carbocycles. The minimum atomic E-state index is -0.708. The molecule has 1 aromatic rings. The van der Waals surface area contributed by atoms with Crippen molar-refractivity contribution in [2.45, 2.75) is 46.1 Å². The summed E-state index contributed by atoms with van der Waals surface area (Å²) in [6.45, 7) is 4.96. The fraction of sp³-hybridized carbons (Fsp3) is 0.636. The van der Waals surface area contributed by atoms with E-state index in [0.29, 0.717) is 0 Å².